The molecule has 120 valence electrons. The Bertz CT molecular complexity index is 866. The second-order valence-corrected chi connectivity index (χ2v) is 5.07. The summed E-state index contributed by atoms with van der Waals surface area (Å²) in [4.78, 5) is 19.5. The summed E-state index contributed by atoms with van der Waals surface area (Å²) in [6, 6.07) is 16.2. The zero-order chi connectivity index (χ0) is 16.9. The molecule has 0 spiro atoms. The Kier molecular flexibility index (Phi) is 4.38. The molecule has 0 atom stereocenters. The van der Waals surface area contributed by atoms with E-state index < -0.39 is 5.97 Å². The summed E-state index contributed by atoms with van der Waals surface area (Å²) >= 11 is 0. The molecule has 0 aliphatic rings. The molecule has 0 radical (unpaired) electrons. The van der Waals surface area contributed by atoms with Crippen molar-refractivity contribution in [3.05, 3.63) is 72.2 Å². The van der Waals surface area contributed by atoms with Gasteiger partial charge in [0, 0.05) is 23.6 Å². The SMILES string of the molecule is Cc1ccc(Oc2ccnc(Nc3ccccc3)c2)c(C(=O)O)n1. The molecular weight excluding hydrogens is 306 g/mol. The highest BCUT2D eigenvalue weighted by molar-refractivity contribution is 5.88. The third-order valence-electron chi connectivity index (χ3n) is 3.21. The van der Waals surface area contributed by atoms with Crippen molar-refractivity contribution in [3.8, 4) is 11.5 Å². The van der Waals surface area contributed by atoms with E-state index in [4.69, 9.17) is 4.74 Å². The van der Waals surface area contributed by atoms with E-state index in [9.17, 15) is 9.90 Å². The minimum Gasteiger partial charge on any atom is -0.476 e. The van der Waals surface area contributed by atoms with E-state index in [-0.39, 0.29) is 11.4 Å². The Morgan fingerprint density at radius 2 is 1.92 bits per heavy atom. The Morgan fingerprint density at radius 3 is 2.67 bits per heavy atom. The number of nitrogens with one attached hydrogen (secondary N) is 1. The number of aromatic carboxylic acids is 1. The lowest BCUT2D eigenvalue weighted by atomic mass is 10.3. The lowest BCUT2D eigenvalue weighted by Crippen LogP contribution is -2.04. The lowest BCUT2D eigenvalue weighted by molar-refractivity contribution is 0.0687. The number of carboxylic acid groups (broad SMARTS) is 1. The molecule has 0 unspecified atom stereocenters. The van der Waals surface area contributed by atoms with E-state index in [1.54, 1.807) is 37.4 Å². The molecule has 24 heavy (non-hydrogen) atoms. The van der Waals surface area contributed by atoms with Gasteiger partial charge in [-0.3, -0.25) is 0 Å². The number of carboxylic acids is 1. The van der Waals surface area contributed by atoms with Crippen LogP contribution in [0.2, 0.25) is 0 Å². The van der Waals surface area contributed by atoms with Gasteiger partial charge in [-0.15, -0.1) is 0 Å². The van der Waals surface area contributed by atoms with Gasteiger partial charge >= 0.3 is 5.97 Å². The first-order valence-corrected chi connectivity index (χ1v) is 7.29. The molecular formula is C18H15N3O3. The van der Waals surface area contributed by atoms with Crippen LogP contribution in [-0.4, -0.2) is 21.0 Å². The number of anilines is 2. The van der Waals surface area contributed by atoms with Crippen molar-refractivity contribution in [2.75, 3.05) is 5.32 Å². The van der Waals surface area contributed by atoms with Crippen LogP contribution in [0.1, 0.15) is 16.2 Å². The number of hydrogen-bond acceptors (Lipinski definition) is 5. The van der Waals surface area contributed by atoms with E-state index in [1.165, 1.54) is 0 Å². The minimum atomic E-state index is -1.13. The van der Waals surface area contributed by atoms with Crippen molar-refractivity contribution in [1.29, 1.82) is 0 Å². The lowest BCUT2D eigenvalue weighted by Gasteiger charge is -2.10. The van der Waals surface area contributed by atoms with Gasteiger partial charge in [-0.05, 0) is 37.3 Å². The smallest absolute Gasteiger partial charge is 0.358 e. The predicted octanol–water partition coefficient (Wildman–Crippen LogP) is 4.02. The maximum absolute atomic E-state index is 11.3. The molecule has 0 amide bonds. The van der Waals surface area contributed by atoms with Crippen molar-refractivity contribution >= 4 is 17.5 Å². The molecule has 0 bridgehead atoms. The van der Waals surface area contributed by atoms with E-state index in [0.717, 1.165) is 5.69 Å². The van der Waals surface area contributed by atoms with Crippen LogP contribution >= 0.6 is 0 Å². The largest absolute Gasteiger partial charge is 0.476 e. The van der Waals surface area contributed by atoms with Gasteiger partial charge in [0.05, 0.1) is 0 Å². The highest BCUT2D eigenvalue weighted by atomic mass is 16.5. The third kappa shape index (κ3) is 3.67. The highest BCUT2D eigenvalue weighted by Crippen LogP contribution is 2.26. The molecule has 6 nitrogen and oxygen atoms in total. The van der Waals surface area contributed by atoms with Gasteiger partial charge in [0.2, 0.25) is 0 Å². The van der Waals surface area contributed by atoms with Crippen molar-refractivity contribution in [2.45, 2.75) is 6.92 Å². The zero-order valence-corrected chi connectivity index (χ0v) is 12.9. The number of nitrogens with zero attached hydrogens (tertiary/aromatic N) is 2. The number of aromatic nitrogens is 2. The standard InChI is InChI=1S/C18H15N3O3/c1-12-7-8-15(17(20-12)18(22)23)24-14-9-10-19-16(11-14)21-13-5-3-2-4-6-13/h2-11H,1H3,(H,19,21)(H,22,23). The first kappa shape index (κ1) is 15.5. The summed E-state index contributed by atoms with van der Waals surface area (Å²) in [5.74, 6) is 0.114. The Labute approximate surface area is 138 Å². The molecule has 3 aromatic rings. The molecule has 0 saturated carbocycles. The molecule has 2 N–H and O–H groups in total. The highest BCUT2D eigenvalue weighted by Gasteiger charge is 2.14. The predicted molar refractivity (Wildman–Crippen MR) is 90.0 cm³/mol. The molecule has 2 aromatic heterocycles. The quantitative estimate of drug-likeness (QED) is 0.738. The molecule has 2 heterocycles. The average molecular weight is 321 g/mol. The summed E-state index contributed by atoms with van der Waals surface area (Å²) in [7, 11) is 0. The fourth-order valence-electron chi connectivity index (χ4n) is 2.12. The Morgan fingerprint density at radius 1 is 1.12 bits per heavy atom. The third-order valence-corrected chi connectivity index (χ3v) is 3.21. The second kappa shape index (κ2) is 6.78. The van der Waals surface area contributed by atoms with Crippen molar-refractivity contribution in [3.63, 3.8) is 0 Å². The first-order valence-electron chi connectivity index (χ1n) is 7.29. The molecule has 0 aliphatic carbocycles. The van der Waals surface area contributed by atoms with E-state index in [1.807, 2.05) is 30.3 Å². The number of benzene rings is 1. The van der Waals surface area contributed by atoms with Crippen LogP contribution in [0, 0.1) is 6.92 Å². The van der Waals surface area contributed by atoms with Gasteiger partial charge < -0.3 is 15.2 Å². The average Bonchev–Trinajstić information content (AvgIpc) is 2.57. The molecule has 1 aromatic carbocycles. The van der Waals surface area contributed by atoms with Crippen LogP contribution in [0.4, 0.5) is 11.5 Å². The van der Waals surface area contributed by atoms with Crippen LogP contribution in [0.15, 0.2) is 60.8 Å². The van der Waals surface area contributed by atoms with Crippen LogP contribution < -0.4 is 10.1 Å². The summed E-state index contributed by atoms with van der Waals surface area (Å²) < 4.78 is 5.68. The molecule has 0 fully saturated rings. The Balaban J connectivity index is 1.84. The van der Waals surface area contributed by atoms with Gasteiger partial charge in [-0.1, -0.05) is 18.2 Å². The van der Waals surface area contributed by atoms with Crippen LogP contribution in [-0.2, 0) is 0 Å². The fourth-order valence-corrected chi connectivity index (χ4v) is 2.12. The van der Waals surface area contributed by atoms with E-state index in [2.05, 4.69) is 15.3 Å². The monoisotopic (exact) mass is 321 g/mol. The summed E-state index contributed by atoms with van der Waals surface area (Å²) in [6.45, 7) is 1.73. The van der Waals surface area contributed by atoms with E-state index >= 15 is 0 Å². The topological polar surface area (TPSA) is 84.3 Å². The second-order valence-electron chi connectivity index (χ2n) is 5.07. The van der Waals surface area contributed by atoms with Gasteiger partial charge in [-0.2, -0.15) is 0 Å². The fraction of sp³-hybridized carbons (Fsp3) is 0.0556. The number of rotatable bonds is 5. The maximum atomic E-state index is 11.3. The van der Waals surface area contributed by atoms with Gasteiger partial charge in [0.1, 0.15) is 11.6 Å². The van der Waals surface area contributed by atoms with Crippen molar-refractivity contribution < 1.29 is 14.6 Å². The van der Waals surface area contributed by atoms with Crippen molar-refractivity contribution in [2.24, 2.45) is 0 Å². The van der Waals surface area contributed by atoms with Gasteiger partial charge in [0.15, 0.2) is 11.4 Å². The minimum absolute atomic E-state index is 0.121. The summed E-state index contributed by atoms with van der Waals surface area (Å²) in [5.41, 5.74) is 1.38. The number of aryl methyl sites for hydroxylation is 1. The first-order chi connectivity index (χ1) is 11.6. The van der Waals surface area contributed by atoms with Gasteiger partial charge in [-0.25, -0.2) is 14.8 Å². The maximum Gasteiger partial charge on any atom is 0.358 e. The Hall–Kier alpha value is -3.41. The normalized spacial score (nSPS) is 10.2. The molecule has 3 rings (SSSR count). The van der Waals surface area contributed by atoms with E-state index in [0.29, 0.717) is 17.3 Å². The molecule has 0 aliphatic heterocycles. The van der Waals surface area contributed by atoms with Crippen molar-refractivity contribution in [1.82, 2.24) is 9.97 Å². The zero-order valence-electron chi connectivity index (χ0n) is 12.9. The van der Waals surface area contributed by atoms with Crippen LogP contribution in [0.25, 0.3) is 0 Å². The number of para-hydroxylation sites is 1. The summed E-state index contributed by atoms with van der Waals surface area (Å²) in [6.07, 6.45) is 1.59. The van der Waals surface area contributed by atoms with Crippen LogP contribution in [0.3, 0.4) is 0 Å². The number of carbonyl (C=O) groups is 1. The molecule has 0 saturated heterocycles. The van der Waals surface area contributed by atoms with Gasteiger partial charge in [0.25, 0.3) is 0 Å². The summed E-state index contributed by atoms with van der Waals surface area (Å²) in [5, 5.41) is 12.4. The van der Waals surface area contributed by atoms with Crippen LogP contribution in [0.5, 0.6) is 11.5 Å². The molecule has 6 heteroatoms. The number of hydrogen-bond donors (Lipinski definition) is 2. The number of ether oxygens (including phenoxy) is 1. The number of pyridine rings is 2.